The molecule has 3 saturated carbocycles. The van der Waals surface area contributed by atoms with Crippen molar-refractivity contribution in [3.63, 3.8) is 0 Å². The standard InChI is InChI=1S/C25H34O3/c1-25-14-13-20-19-10-8-18(28-24(27)16-5-3-2-4-6-16)15-17(19)7-9-21(20)22(25)11-12-23(25)26/h8,10,15-16,20-23,26H,2-7,9,11-14H2,1H3/t20-,21-,22+,23+,25+/m1/s1. The molecule has 0 radical (unpaired) electrons. The van der Waals surface area contributed by atoms with E-state index in [1.165, 1.54) is 36.8 Å². The molecule has 0 bridgehead atoms. The molecular formula is C25H34O3. The zero-order valence-electron chi connectivity index (χ0n) is 17.2. The van der Waals surface area contributed by atoms with Crippen molar-refractivity contribution in [2.45, 2.75) is 89.6 Å². The van der Waals surface area contributed by atoms with Gasteiger partial charge in [-0.05, 0) is 97.8 Å². The highest BCUT2D eigenvalue weighted by Crippen LogP contribution is 2.60. The average molecular weight is 383 g/mol. The number of aryl methyl sites for hydroxylation is 1. The minimum Gasteiger partial charge on any atom is -0.426 e. The maximum Gasteiger partial charge on any atom is 0.314 e. The highest BCUT2D eigenvalue weighted by Gasteiger charge is 2.54. The van der Waals surface area contributed by atoms with E-state index in [9.17, 15) is 9.90 Å². The van der Waals surface area contributed by atoms with Crippen molar-refractivity contribution >= 4 is 5.97 Å². The Labute approximate surface area is 168 Å². The smallest absolute Gasteiger partial charge is 0.314 e. The number of ether oxygens (including phenoxy) is 1. The van der Waals surface area contributed by atoms with E-state index in [-0.39, 0.29) is 23.4 Å². The van der Waals surface area contributed by atoms with Gasteiger partial charge >= 0.3 is 5.97 Å². The molecule has 1 aromatic carbocycles. The summed E-state index contributed by atoms with van der Waals surface area (Å²) in [5.74, 6) is 2.80. The van der Waals surface area contributed by atoms with Gasteiger partial charge in [0.05, 0.1) is 12.0 Å². The second-order valence-corrected chi connectivity index (χ2v) is 10.2. The Morgan fingerprint density at radius 2 is 1.89 bits per heavy atom. The van der Waals surface area contributed by atoms with Gasteiger partial charge in [-0.1, -0.05) is 32.3 Å². The fourth-order valence-corrected chi connectivity index (χ4v) is 7.13. The molecule has 0 heterocycles. The number of fused-ring (bicyclic) bond motifs is 5. The third kappa shape index (κ3) is 3.01. The predicted octanol–water partition coefficient (Wildman–Crippen LogP) is 5.39. The molecule has 0 aromatic heterocycles. The van der Waals surface area contributed by atoms with Crippen molar-refractivity contribution in [1.29, 1.82) is 0 Å². The minimum absolute atomic E-state index is 0.0262. The lowest BCUT2D eigenvalue weighted by atomic mass is 9.55. The van der Waals surface area contributed by atoms with Gasteiger partial charge in [0.25, 0.3) is 0 Å². The van der Waals surface area contributed by atoms with Crippen LogP contribution in [0.5, 0.6) is 5.75 Å². The Kier molecular flexibility index (Phi) is 4.77. The van der Waals surface area contributed by atoms with E-state index < -0.39 is 0 Å². The highest BCUT2D eigenvalue weighted by molar-refractivity contribution is 5.75. The molecule has 152 valence electrons. The van der Waals surface area contributed by atoms with Gasteiger partial charge in [-0.2, -0.15) is 0 Å². The van der Waals surface area contributed by atoms with E-state index in [0.717, 1.165) is 50.7 Å². The second-order valence-electron chi connectivity index (χ2n) is 10.2. The highest BCUT2D eigenvalue weighted by atomic mass is 16.5. The first kappa shape index (κ1) is 18.7. The van der Waals surface area contributed by atoms with Gasteiger partial charge in [0, 0.05) is 0 Å². The van der Waals surface area contributed by atoms with Crippen LogP contribution >= 0.6 is 0 Å². The van der Waals surface area contributed by atoms with Crippen LogP contribution < -0.4 is 4.74 Å². The number of carbonyl (C=O) groups excluding carboxylic acids is 1. The van der Waals surface area contributed by atoms with Crippen molar-refractivity contribution in [2.24, 2.45) is 23.2 Å². The Balaban J connectivity index is 1.33. The summed E-state index contributed by atoms with van der Waals surface area (Å²) in [6.07, 6.45) is 12.2. The number of hydrogen-bond acceptors (Lipinski definition) is 3. The van der Waals surface area contributed by atoms with Crippen molar-refractivity contribution in [1.82, 2.24) is 0 Å². The third-order valence-corrected chi connectivity index (χ3v) is 8.80. The Hall–Kier alpha value is -1.35. The van der Waals surface area contributed by atoms with E-state index >= 15 is 0 Å². The summed E-state index contributed by atoms with van der Waals surface area (Å²) in [5, 5.41) is 10.5. The monoisotopic (exact) mass is 382 g/mol. The molecule has 0 aliphatic heterocycles. The first-order valence-corrected chi connectivity index (χ1v) is 11.6. The Morgan fingerprint density at radius 3 is 2.71 bits per heavy atom. The number of benzene rings is 1. The predicted molar refractivity (Wildman–Crippen MR) is 109 cm³/mol. The van der Waals surface area contributed by atoms with Crippen LogP contribution in [0.15, 0.2) is 18.2 Å². The molecule has 0 unspecified atom stereocenters. The molecule has 0 saturated heterocycles. The lowest BCUT2D eigenvalue weighted by Crippen LogP contribution is -2.43. The Morgan fingerprint density at radius 1 is 1.07 bits per heavy atom. The minimum atomic E-state index is -0.110. The fraction of sp³-hybridized carbons (Fsp3) is 0.720. The fourth-order valence-electron chi connectivity index (χ4n) is 7.13. The SMILES string of the molecule is C[C@]12CC[C@@H]3c4ccc(OC(=O)C5CCCCC5)cc4CC[C@H]3[C@@H]1CC[C@@H]2O. The summed E-state index contributed by atoms with van der Waals surface area (Å²) in [7, 11) is 0. The Bertz CT molecular complexity index is 750. The molecule has 5 rings (SSSR count). The lowest BCUT2D eigenvalue weighted by Gasteiger charge is -2.50. The summed E-state index contributed by atoms with van der Waals surface area (Å²) < 4.78 is 5.78. The largest absolute Gasteiger partial charge is 0.426 e. The number of aliphatic hydroxyl groups excluding tert-OH is 1. The summed E-state index contributed by atoms with van der Waals surface area (Å²) in [6.45, 7) is 2.33. The third-order valence-electron chi connectivity index (χ3n) is 8.80. The molecular weight excluding hydrogens is 348 g/mol. The van der Waals surface area contributed by atoms with E-state index in [0.29, 0.717) is 17.8 Å². The van der Waals surface area contributed by atoms with Gasteiger partial charge in [0.1, 0.15) is 5.75 Å². The molecule has 1 N–H and O–H groups in total. The molecule has 0 spiro atoms. The van der Waals surface area contributed by atoms with Crippen molar-refractivity contribution in [3.05, 3.63) is 29.3 Å². The summed E-state index contributed by atoms with van der Waals surface area (Å²) in [6, 6.07) is 6.41. The molecule has 3 heteroatoms. The van der Waals surface area contributed by atoms with Crippen LogP contribution in [0.2, 0.25) is 0 Å². The molecule has 0 amide bonds. The maximum atomic E-state index is 12.5. The molecule has 28 heavy (non-hydrogen) atoms. The lowest BCUT2D eigenvalue weighted by molar-refractivity contribution is -0.139. The number of esters is 1. The van der Waals surface area contributed by atoms with Gasteiger partial charge in [-0.15, -0.1) is 0 Å². The van der Waals surface area contributed by atoms with Crippen LogP contribution in [-0.4, -0.2) is 17.2 Å². The first-order valence-electron chi connectivity index (χ1n) is 11.6. The number of carbonyl (C=O) groups is 1. The summed E-state index contributed by atoms with van der Waals surface area (Å²) in [4.78, 5) is 12.5. The van der Waals surface area contributed by atoms with Crippen molar-refractivity contribution in [2.75, 3.05) is 0 Å². The zero-order valence-corrected chi connectivity index (χ0v) is 17.2. The molecule has 3 nitrogen and oxygen atoms in total. The molecule has 4 aliphatic carbocycles. The normalized spacial score (nSPS) is 37.6. The van der Waals surface area contributed by atoms with Crippen molar-refractivity contribution in [3.8, 4) is 5.75 Å². The molecule has 4 aliphatic rings. The van der Waals surface area contributed by atoms with Crippen molar-refractivity contribution < 1.29 is 14.6 Å². The topological polar surface area (TPSA) is 46.5 Å². The number of aliphatic hydroxyl groups is 1. The number of hydrogen-bond donors (Lipinski definition) is 1. The first-order chi connectivity index (χ1) is 13.6. The van der Waals surface area contributed by atoms with Crippen LogP contribution in [-0.2, 0) is 11.2 Å². The van der Waals surface area contributed by atoms with E-state index in [1.54, 1.807) is 0 Å². The van der Waals surface area contributed by atoms with E-state index in [1.807, 2.05) is 6.07 Å². The van der Waals surface area contributed by atoms with Crippen LogP contribution in [0.4, 0.5) is 0 Å². The van der Waals surface area contributed by atoms with Crippen LogP contribution in [0.1, 0.15) is 88.2 Å². The zero-order chi connectivity index (χ0) is 19.3. The van der Waals surface area contributed by atoms with E-state index in [4.69, 9.17) is 4.74 Å². The van der Waals surface area contributed by atoms with Gasteiger partial charge < -0.3 is 9.84 Å². The van der Waals surface area contributed by atoms with Gasteiger partial charge in [0.15, 0.2) is 0 Å². The van der Waals surface area contributed by atoms with Gasteiger partial charge in [0.2, 0.25) is 0 Å². The van der Waals surface area contributed by atoms with Gasteiger partial charge in [-0.3, -0.25) is 4.79 Å². The molecule has 5 atom stereocenters. The average Bonchev–Trinajstić information content (AvgIpc) is 3.03. The van der Waals surface area contributed by atoms with Crippen LogP contribution in [0.3, 0.4) is 0 Å². The van der Waals surface area contributed by atoms with Crippen LogP contribution in [0.25, 0.3) is 0 Å². The van der Waals surface area contributed by atoms with Gasteiger partial charge in [-0.25, -0.2) is 0 Å². The quantitative estimate of drug-likeness (QED) is 0.551. The van der Waals surface area contributed by atoms with Crippen LogP contribution in [0, 0.1) is 23.2 Å². The summed E-state index contributed by atoms with van der Waals surface area (Å²) in [5.41, 5.74) is 3.00. The van der Waals surface area contributed by atoms with E-state index in [2.05, 4.69) is 19.1 Å². The summed E-state index contributed by atoms with van der Waals surface area (Å²) >= 11 is 0. The second kappa shape index (κ2) is 7.16. The molecule has 3 fully saturated rings. The maximum absolute atomic E-state index is 12.5. The molecule has 1 aromatic rings. The number of rotatable bonds is 2.